The van der Waals surface area contributed by atoms with Crippen molar-refractivity contribution in [2.45, 2.75) is 44.4 Å². The van der Waals surface area contributed by atoms with Gasteiger partial charge in [0, 0.05) is 0 Å². The number of hydrogen-bond acceptors (Lipinski definition) is 6. The van der Waals surface area contributed by atoms with Gasteiger partial charge in [0.25, 0.3) is 10.2 Å². The molecule has 1 aliphatic heterocycles. The summed E-state index contributed by atoms with van der Waals surface area (Å²) in [5, 5.41) is 5.27. The minimum atomic E-state index is -4.05. The van der Waals surface area contributed by atoms with E-state index in [9.17, 15) is 8.42 Å². The Kier molecular flexibility index (Phi) is 9.00. The van der Waals surface area contributed by atoms with Gasteiger partial charge in [0.15, 0.2) is 6.23 Å². The van der Waals surface area contributed by atoms with Crippen molar-refractivity contribution in [3.05, 3.63) is 108 Å². The molecule has 9 heteroatoms. The van der Waals surface area contributed by atoms with Crippen LogP contribution in [0.5, 0.6) is 0 Å². The first kappa shape index (κ1) is 25.5. The van der Waals surface area contributed by atoms with Gasteiger partial charge in [-0.1, -0.05) is 91.0 Å². The Morgan fingerprint density at radius 3 is 1.66 bits per heavy atom. The summed E-state index contributed by atoms with van der Waals surface area (Å²) in [6, 6.07) is 29.1. The summed E-state index contributed by atoms with van der Waals surface area (Å²) < 4.78 is 50.4. The van der Waals surface area contributed by atoms with Gasteiger partial charge in [-0.3, -0.25) is 0 Å². The minimum Gasteiger partial charge on any atom is -0.374 e. The maximum atomic E-state index is 11.9. The summed E-state index contributed by atoms with van der Waals surface area (Å²) in [4.78, 5) is 0. The standard InChI is InChI=1S/C26H30N2O6S/c27-35(29,30)28-26-25(33-18-22-14-8-3-9-15-22)24(32-17-21-12-6-2-7-13-21)23(34-26)19-31-16-20-10-4-1-5-11-20/h1-15,23-26,28H,16-19H2,(H2,27,29,30)/t23-,24-,25-,26+/m1/s1. The molecule has 186 valence electrons. The molecule has 4 rings (SSSR count). The van der Waals surface area contributed by atoms with Crippen LogP contribution in [-0.4, -0.2) is 39.6 Å². The van der Waals surface area contributed by atoms with Crippen LogP contribution in [0, 0.1) is 0 Å². The first-order valence-corrected chi connectivity index (χ1v) is 12.9. The van der Waals surface area contributed by atoms with E-state index in [4.69, 9.17) is 24.1 Å². The molecule has 3 N–H and O–H groups in total. The van der Waals surface area contributed by atoms with Crippen LogP contribution in [0.1, 0.15) is 16.7 Å². The summed E-state index contributed by atoms with van der Waals surface area (Å²) in [5.41, 5.74) is 2.93. The summed E-state index contributed by atoms with van der Waals surface area (Å²) in [7, 11) is -4.05. The number of nitrogens with two attached hydrogens (primary N) is 1. The Morgan fingerprint density at radius 1 is 0.714 bits per heavy atom. The van der Waals surface area contributed by atoms with Gasteiger partial charge in [0.05, 0.1) is 26.4 Å². The molecule has 0 aromatic heterocycles. The molecule has 8 nitrogen and oxygen atoms in total. The third kappa shape index (κ3) is 7.94. The highest BCUT2D eigenvalue weighted by Crippen LogP contribution is 2.28. The Morgan fingerprint density at radius 2 is 1.17 bits per heavy atom. The van der Waals surface area contributed by atoms with Crippen LogP contribution in [0.2, 0.25) is 0 Å². The Balaban J connectivity index is 1.50. The fourth-order valence-electron chi connectivity index (χ4n) is 3.90. The molecule has 1 fully saturated rings. The van der Waals surface area contributed by atoms with Gasteiger partial charge < -0.3 is 18.9 Å². The Labute approximate surface area is 206 Å². The number of hydrogen-bond donors (Lipinski definition) is 2. The first-order valence-electron chi connectivity index (χ1n) is 11.4. The highest BCUT2D eigenvalue weighted by atomic mass is 32.2. The van der Waals surface area contributed by atoms with E-state index in [0.717, 1.165) is 16.7 Å². The van der Waals surface area contributed by atoms with Crippen molar-refractivity contribution >= 4 is 10.2 Å². The van der Waals surface area contributed by atoms with E-state index in [1.165, 1.54) is 0 Å². The van der Waals surface area contributed by atoms with Gasteiger partial charge in [0.2, 0.25) is 0 Å². The van der Waals surface area contributed by atoms with Crippen LogP contribution in [0.25, 0.3) is 0 Å². The van der Waals surface area contributed by atoms with Crippen molar-refractivity contribution < 1.29 is 27.4 Å². The molecule has 0 unspecified atom stereocenters. The molecular weight excluding hydrogens is 468 g/mol. The fraction of sp³-hybridized carbons (Fsp3) is 0.308. The van der Waals surface area contributed by atoms with Crippen LogP contribution in [-0.2, 0) is 49.0 Å². The molecular formula is C26H30N2O6S. The van der Waals surface area contributed by atoms with Gasteiger partial charge in [-0.05, 0) is 16.7 Å². The lowest BCUT2D eigenvalue weighted by Crippen LogP contribution is -2.48. The van der Waals surface area contributed by atoms with E-state index in [0.29, 0.717) is 13.2 Å². The third-order valence-electron chi connectivity index (χ3n) is 5.55. The molecule has 3 aromatic rings. The number of benzene rings is 3. The molecule has 3 aromatic carbocycles. The van der Waals surface area contributed by atoms with E-state index in [-0.39, 0.29) is 13.2 Å². The molecule has 1 saturated heterocycles. The number of nitrogens with one attached hydrogen (secondary N) is 1. The number of ether oxygens (including phenoxy) is 4. The van der Waals surface area contributed by atoms with E-state index < -0.39 is 34.7 Å². The average Bonchev–Trinajstić information content (AvgIpc) is 3.17. The zero-order valence-electron chi connectivity index (χ0n) is 19.2. The van der Waals surface area contributed by atoms with Crippen molar-refractivity contribution in [1.82, 2.24) is 4.72 Å². The summed E-state index contributed by atoms with van der Waals surface area (Å²) in [6.07, 6.45) is -2.96. The zero-order chi connectivity index (χ0) is 24.5. The maximum absolute atomic E-state index is 11.9. The Bertz CT molecular complexity index is 1130. The quantitative estimate of drug-likeness (QED) is 0.398. The largest absolute Gasteiger partial charge is 0.374 e. The zero-order valence-corrected chi connectivity index (χ0v) is 20.0. The molecule has 35 heavy (non-hydrogen) atoms. The monoisotopic (exact) mass is 498 g/mol. The molecule has 1 aliphatic rings. The summed E-state index contributed by atoms with van der Waals surface area (Å²) in [6.45, 7) is 1.12. The second kappa shape index (κ2) is 12.4. The second-order valence-electron chi connectivity index (χ2n) is 8.28. The average molecular weight is 499 g/mol. The summed E-state index contributed by atoms with van der Waals surface area (Å²) >= 11 is 0. The topological polar surface area (TPSA) is 109 Å². The van der Waals surface area contributed by atoms with Crippen LogP contribution in [0.4, 0.5) is 0 Å². The predicted octanol–water partition coefficient (Wildman–Crippen LogP) is 2.89. The normalized spacial score (nSPS) is 22.3. The van der Waals surface area contributed by atoms with E-state index in [2.05, 4.69) is 4.72 Å². The van der Waals surface area contributed by atoms with Crippen molar-refractivity contribution in [2.75, 3.05) is 6.61 Å². The van der Waals surface area contributed by atoms with E-state index >= 15 is 0 Å². The second-order valence-corrected chi connectivity index (χ2v) is 9.61. The molecule has 0 bridgehead atoms. The molecule has 0 aliphatic carbocycles. The SMILES string of the molecule is NS(=O)(=O)N[C@H]1O[C@H](COCc2ccccc2)[C@@H](OCc2ccccc2)[C@H]1OCc1ccccc1. The van der Waals surface area contributed by atoms with Gasteiger partial charge in [-0.25, -0.2) is 5.14 Å². The van der Waals surface area contributed by atoms with E-state index in [1.807, 2.05) is 91.0 Å². The molecule has 0 radical (unpaired) electrons. The highest BCUT2D eigenvalue weighted by Gasteiger charge is 2.47. The smallest absolute Gasteiger partial charge is 0.276 e. The van der Waals surface area contributed by atoms with Crippen LogP contribution < -0.4 is 9.86 Å². The van der Waals surface area contributed by atoms with Crippen LogP contribution in [0.15, 0.2) is 91.0 Å². The number of rotatable bonds is 12. The van der Waals surface area contributed by atoms with Crippen molar-refractivity contribution in [1.29, 1.82) is 0 Å². The van der Waals surface area contributed by atoms with Crippen molar-refractivity contribution in [2.24, 2.45) is 5.14 Å². The lowest BCUT2D eigenvalue weighted by Gasteiger charge is -2.25. The molecule has 4 atom stereocenters. The van der Waals surface area contributed by atoms with Crippen LogP contribution in [0.3, 0.4) is 0 Å². The first-order chi connectivity index (χ1) is 17.0. The third-order valence-corrected chi connectivity index (χ3v) is 6.12. The van der Waals surface area contributed by atoms with Gasteiger partial charge in [-0.15, -0.1) is 0 Å². The summed E-state index contributed by atoms with van der Waals surface area (Å²) in [5.74, 6) is 0. The molecule has 0 amide bonds. The lowest BCUT2D eigenvalue weighted by atomic mass is 10.1. The minimum absolute atomic E-state index is 0.183. The molecule has 0 saturated carbocycles. The van der Waals surface area contributed by atoms with E-state index in [1.54, 1.807) is 0 Å². The fourth-order valence-corrected chi connectivity index (χ4v) is 4.42. The lowest BCUT2D eigenvalue weighted by molar-refractivity contribution is -0.0898. The molecule has 1 heterocycles. The van der Waals surface area contributed by atoms with Gasteiger partial charge in [0.1, 0.15) is 18.3 Å². The molecule has 0 spiro atoms. The highest BCUT2D eigenvalue weighted by molar-refractivity contribution is 7.87. The predicted molar refractivity (Wildman–Crippen MR) is 131 cm³/mol. The Hall–Kier alpha value is -2.63. The van der Waals surface area contributed by atoms with Crippen LogP contribution >= 0.6 is 0 Å². The van der Waals surface area contributed by atoms with Gasteiger partial charge in [-0.2, -0.15) is 13.1 Å². The van der Waals surface area contributed by atoms with Gasteiger partial charge >= 0.3 is 0 Å². The maximum Gasteiger partial charge on any atom is 0.276 e. The van der Waals surface area contributed by atoms with Crippen molar-refractivity contribution in [3.8, 4) is 0 Å². The van der Waals surface area contributed by atoms with Crippen molar-refractivity contribution in [3.63, 3.8) is 0 Å².